The number of carbonyl (C=O) groups excluding carboxylic acids is 1. The molecule has 1 aromatic heterocycles. The van der Waals surface area contributed by atoms with Gasteiger partial charge in [-0.25, -0.2) is 4.79 Å². The third-order valence-corrected chi connectivity index (χ3v) is 3.79. The zero-order valence-corrected chi connectivity index (χ0v) is 14.8. The van der Waals surface area contributed by atoms with Crippen LogP contribution in [0, 0.1) is 6.92 Å². The van der Waals surface area contributed by atoms with Crippen molar-refractivity contribution in [1.82, 2.24) is 15.8 Å². The Labute approximate surface area is 142 Å². The first-order valence-corrected chi connectivity index (χ1v) is 8.05. The highest BCUT2D eigenvalue weighted by Crippen LogP contribution is 2.25. The molecule has 0 saturated heterocycles. The molecule has 130 valence electrons. The predicted octanol–water partition coefficient (Wildman–Crippen LogP) is 3.68. The normalized spacial score (nSPS) is 12.1. The van der Waals surface area contributed by atoms with Gasteiger partial charge < -0.3 is 19.9 Å². The minimum Gasteiger partial charge on any atom is -0.496 e. The maximum atomic E-state index is 12.1. The predicted molar refractivity (Wildman–Crippen MR) is 92.1 cm³/mol. The van der Waals surface area contributed by atoms with Crippen molar-refractivity contribution < 1.29 is 14.1 Å². The molecule has 0 bridgehead atoms. The van der Waals surface area contributed by atoms with Gasteiger partial charge in [0.1, 0.15) is 5.75 Å². The summed E-state index contributed by atoms with van der Waals surface area (Å²) >= 11 is 0. The molecule has 0 spiro atoms. The highest BCUT2D eigenvalue weighted by molar-refractivity contribution is 5.74. The van der Waals surface area contributed by atoms with Crippen molar-refractivity contribution in [2.24, 2.45) is 0 Å². The molecule has 0 aliphatic carbocycles. The van der Waals surface area contributed by atoms with Crippen molar-refractivity contribution in [2.45, 2.75) is 46.2 Å². The average Bonchev–Trinajstić information content (AvgIpc) is 3.02. The van der Waals surface area contributed by atoms with E-state index in [4.69, 9.17) is 9.26 Å². The Bertz CT molecular complexity index is 695. The zero-order valence-electron chi connectivity index (χ0n) is 14.8. The Morgan fingerprint density at radius 3 is 2.67 bits per heavy atom. The van der Waals surface area contributed by atoms with Crippen molar-refractivity contribution in [3.63, 3.8) is 0 Å². The van der Waals surface area contributed by atoms with Crippen LogP contribution in [0.5, 0.6) is 5.75 Å². The van der Waals surface area contributed by atoms with Gasteiger partial charge in [-0.15, -0.1) is 0 Å². The number of methoxy groups -OCH3 is 1. The molecule has 1 unspecified atom stereocenters. The van der Waals surface area contributed by atoms with E-state index in [0.29, 0.717) is 18.2 Å². The number of ether oxygens (including phenoxy) is 1. The van der Waals surface area contributed by atoms with E-state index in [1.165, 1.54) is 0 Å². The molecule has 1 atom stereocenters. The fourth-order valence-electron chi connectivity index (χ4n) is 2.37. The van der Waals surface area contributed by atoms with E-state index >= 15 is 0 Å². The lowest BCUT2D eigenvalue weighted by Crippen LogP contribution is -2.36. The molecule has 1 heterocycles. The maximum absolute atomic E-state index is 12.1. The molecule has 2 amide bonds. The number of aryl methyl sites for hydroxylation is 1. The van der Waals surface area contributed by atoms with Crippen LogP contribution in [0.1, 0.15) is 55.3 Å². The van der Waals surface area contributed by atoms with Crippen molar-refractivity contribution in [2.75, 3.05) is 7.11 Å². The summed E-state index contributed by atoms with van der Waals surface area (Å²) in [4.78, 5) is 12.1. The summed E-state index contributed by atoms with van der Waals surface area (Å²) in [7, 11) is 1.62. The van der Waals surface area contributed by atoms with E-state index in [1.54, 1.807) is 7.11 Å². The molecular weight excluding hydrogens is 306 g/mol. The first kappa shape index (κ1) is 17.8. The lowest BCUT2D eigenvalue weighted by molar-refractivity contribution is 0.235. The van der Waals surface area contributed by atoms with E-state index < -0.39 is 0 Å². The van der Waals surface area contributed by atoms with Crippen molar-refractivity contribution in [1.29, 1.82) is 0 Å². The average molecular weight is 331 g/mol. The quantitative estimate of drug-likeness (QED) is 0.846. The van der Waals surface area contributed by atoms with Crippen molar-refractivity contribution >= 4 is 6.03 Å². The van der Waals surface area contributed by atoms with Crippen LogP contribution in [0.3, 0.4) is 0 Å². The molecule has 2 N–H and O–H groups in total. The SMILES string of the molecule is COc1ccc(C)cc1C(C)NC(=O)NCc1cc(C(C)C)no1. The van der Waals surface area contributed by atoms with Crippen LogP contribution in [0.25, 0.3) is 0 Å². The Kier molecular flexibility index (Phi) is 5.84. The monoisotopic (exact) mass is 331 g/mol. The van der Waals surface area contributed by atoms with Gasteiger partial charge in [-0.05, 0) is 25.8 Å². The van der Waals surface area contributed by atoms with Gasteiger partial charge in [0.15, 0.2) is 5.76 Å². The number of aromatic nitrogens is 1. The van der Waals surface area contributed by atoms with Gasteiger partial charge in [-0.1, -0.05) is 36.7 Å². The number of hydrogen-bond acceptors (Lipinski definition) is 4. The first-order chi connectivity index (χ1) is 11.4. The van der Waals surface area contributed by atoms with Crippen LogP contribution in [0.15, 0.2) is 28.8 Å². The van der Waals surface area contributed by atoms with E-state index in [9.17, 15) is 4.79 Å². The van der Waals surface area contributed by atoms with Crippen molar-refractivity contribution in [3.8, 4) is 5.75 Å². The second-order valence-corrected chi connectivity index (χ2v) is 6.17. The minimum atomic E-state index is -0.270. The number of carbonyl (C=O) groups is 1. The Hall–Kier alpha value is -2.50. The number of nitrogens with zero attached hydrogens (tertiary/aromatic N) is 1. The number of amides is 2. The van der Waals surface area contributed by atoms with Crippen LogP contribution >= 0.6 is 0 Å². The summed E-state index contributed by atoms with van der Waals surface area (Å²) in [5, 5.41) is 9.66. The third-order valence-electron chi connectivity index (χ3n) is 3.79. The summed E-state index contributed by atoms with van der Waals surface area (Å²) < 4.78 is 10.6. The van der Waals surface area contributed by atoms with Crippen LogP contribution in [-0.2, 0) is 6.54 Å². The Morgan fingerprint density at radius 2 is 2.04 bits per heavy atom. The number of nitrogens with one attached hydrogen (secondary N) is 2. The fraction of sp³-hybridized carbons (Fsp3) is 0.444. The summed E-state index contributed by atoms with van der Waals surface area (Å²) in [5.41, 5.74) is 2.93. The molecule has 0 aliphatic heterocycles. The summed E-state index contributed by atoms with van der Waals surface area (Å²) in [5.74, 6) is 1.69. The molecule has 24 heavy (non-hydrogen) atoms. The molecule has 0 fully saturated rings. The highest BCUT2D eigenvalue weighted by atomic mass is 16.5. The van der Waals surface area contributed by atoms with Crippen LogP contribution in [0.2, 0.25) is 0 Å². The van der Waals surface area contributed by atoms with E-state index in [-0.39, 0.29) is 12.1 Å². The fourth-order valence-corrected chi connectivity index (χ4v) is 2.37. The molecule has 0 aliphatic rings. The number of urea groups is 1. The molecular formula is C18H25N3O3. The van der Waals surface area contributed by atoms with Crippen LogP contribution < -0.4 is 15.4 Å². The van der Waals surface area contributed by atoms with Gasteiger partial charge in [0.05, 0.1) is 25.4 Å². The van der Waals surface area contributed by atoms with Gasteiger partial charge >= 0.3 is 6.03 Å². The molecule has 6 nitrogen and oxygen atoms in total. The molecule has 1 aromatic carbocycles. The number of rotatable bonds is 6. The molecule has 0 radical (unpaired) electrons. The topological polar surface area (TPSA) is 76.4 Å². The second-order valence-electron chi connectivity index (χ2n) is 6.17. The summed E-state index contributed by atoms with van der Waals surface area (Å²) in [6.07, 6.45) is 0. The molecule has 2 rings (SSSR count). The van der Waals surface area contributed by atoms with Gasteiger partial charge in [0.2, 0.25) is 0 Å². The summed E-state index contributed by atoms with van der Waals surface area (Å²) in [6, 6.07) is 7.30. The minimum absolute atomic E-state index is 0.180. The van der Waals surface area contributed by atoms with E-state index in [2.05, 4.69) is 15.8 Å². The Morgan fingerprint density at radius 1 is 1.29 bits per heavy atom. The lowest BCUT2D eigenvalue weighted by atomic mass is 10.0. The smallest absolute Gasteiger partial charge is 0.315 e. The van der Waals surface area contributed by atoms with E-state index in [0.717, 1.165) is 22.6 Å². The van der Waals surface area contributed by atoms with Gasteiger partial charge in [-0.3, -0.25) is 0 Å². The van der Waals surface area contributed by atoms with Gasteiger partial charge in [0, 0.05) is 11.6 Å². The van der Waals surface area contributed by atoms with Crippen LogP contribution in [0.4, 0.5) is 4.79 Å². The number of hydrogen-bond donors (Lipinski definition) is 2. The van der Waals surface area contributed by atoms with Gasteiger partial charge in [0.25, 0.3) is 0 Å². The maximum Gasteiger partial charge on any atom is 0.315 e. The second kappa shape index (κ2) is 7.86. The van der Waals surface area contributed by atoms with Crippen molar-refractivity contribution in [3.05, 3.63) is 46.8 Å². The lowest BCUT2D eigenvalue weighted by Gasteiger charge is -2.18. The standard InChI is InChI=1S/C18H25N3O3/c1-11(2)16-9-14(24-21-16)10-19-18(22)20-13(4)15-8-12(3)6-7-17(15)23-5/h6-9,11,13H,10H2,1-5H3,(H2,19,20,22). The third kappa shape index (κ3) is 4.50. The molecule has 2 aromatic rings. The molecule has 6 heteroatoms. The highest BCUT2D eigenvalue weighted by Gasteiger charge is 2.15. The first-order valence-electron chi connectivity index (χ1n) is 8.05. The molecule has 0 saturated carbocycles. The Balaban J connectivity index is 1.93. The van der Waals surface area contributed by atoms with E-state index in [1.807, 2.05) is 52.0 Å². The van der Waals surface area contributed by atoms with Crippen LogP contribution in [-0.4, -0.2) is 18.3 Å². The summed E-state index contributed by atoms with van der Waals surface area (Å²) in [6.45, 7) is 8.30. The largest absolute Gasteiger partial charge is 0.496 e. The van der Waals surface area contributed by atoms with Gasteiger partial charge in [-0.2, -0.15) is 0 Å². The number of benzene rings is 1. The zero-order chi connectivity index (χ0) is 17.7.